The quantitative estimate of drug-likeness (QED) is 0.0248. The molecular formula is C45H71N6O13PS2. The molecule has 19 nitrogen and oxygen atoms in total. The Balaban J connectivity index is 1.89. The summed E-state index contributed by atoms with van der Waals surface area (Å²) in [5.41, 5.74) is 0.668. The van der Waals surface area contributed by atoms with Crippen molar-refractivity contribution in [2.24, 2.45) is 17.8 Å². The minimum absolute atomic E-state index is 0.00682. The van der Waals surface area contributed by atoms with Gasteiger partial charge in [0.1, 0.15) is 22.5 Å². The molecule has 2 unspecified atom stereocenters. The van der Waals surface area contributed by atoms with E-state index in [-0.39, 0.29) is 72.5 Å². The molecule has 22 heteroatoms. The molecule has 0 bridgehead atoms. The van der Waals surface area contributed by atoms with Crippen LogP contribution < -0.4 is 20.7 Å². The van der Waals surface area contributed by atoms with Crippen molar-refractivity contribution in [1.82, 2.24) is 25.4 Å². The van der Waals surface area contributed by atoms with E-state index in [1.807, 2.05) is 53.5 Å². The maximum absolute atomic E-state index is 14.3. The average Bonchev–Trinajstić information content (AvgIpc) is 3.73. The van der Waals surface area contributed by atoms with Crippen LogP contribution >= 0.6 is 31.8 Å². The maximum Gasteiger partial charge on any atom is 0.472 e. The number of amides is 4. The van der Waals surface area contributed by atoms with Crippen LogP contribution in [0.1, 0.15) is 134 Å². The number of piperidine rings is 1. The molecule has 0 radical (unpaired) electrons. The number of hydrogen-bond donors (Lipinski definition) is 7. The summed E-state index contributed by atoms with van der Waals surface area (Å²) < 4.78 is 26.5. The number of nitrogens with one attached hydrogen (secondary N) is 3. The minimum atomic E-state index is -4.87. The first-order valence-electron chi connectivity index (χ1n) is 22.6. The Kier molecular flexibility index (Phi) is 22.2. The second-order valence-corrected chi connectivity index (χ2v) is 21.8. The predicted octanol–water partition coefficient (Wildman–Crippen LogP) is 5.96. The van der Waals surface area contributed by atoms with Crippen molar-refractivity contribution >= 4 is 73.0 Å². The molecule has 0 spiro atoms. The Morgan fingerprint density at radius 1 is 1.07 bits per heavy atom. The van der Waals surface area contributed by atoms with Crippen molar-refractivity contribution < 1.29 is 62.2 Å². The number of carboxylic acids is 1. The number of likely N-dealkylation sites (tertiary alicyclic amines) is 1. The van der Waals surface area contributed by atoms with Gasteiger partial charge in [0.15, 0.2) is 12.9 Å². The number of aromatic nitrogens is 1. The molecule has 0 saturated carbocycles. The molecule has 2 aromatic rings. The molecule has 4 amide bonds. The van der Waals surface area contributed by atoms with E-state index in [1.54, 1.807) is 24.1 Å². The number of carbonyl (C=O) groups excluding carboxylic acids is 5. The first kappa shape index (κ1) is 57.2. The summed E-state index contributed by atoms with van der Waals surface area (Å²) in [6, 6.07) is 2.20. The predicted molar refractivity (Wildman–Crippen MR) is 257 cm³/mol. The summed E-state index contributed by atoms with van der Waals surface area (Å²) in [4.78, 5) is 106. The summed E-state index contributed by atoms with van der Waals surface area (Å²) >= 11 is 5.56. The van der Waals surface area contributed by atoms with E-state index in [0.29, 0.717) is 29.8 Å². The normalized spacial score (nSPS) is 17.3. The number of hydrogen-bond acceptors (Lipinski definition) is 14. The highest BCUT2D eigenvalue weighted by atomic mass is 32.1. The third-order valence-electron chi connectivity index (χ3n) is 11.9. The van der Waals surface area contributed by atoms with Gasteiger partial charge < -0.3 is 45.2 Å². The molecule has 1 aromatic heterocycles. The van der Waals surface area contributed by atoms with Crippen LogP contribution in [0.15, 0.2) is 23.6 Å². The first-order chi connectivity index (χ1) is 31.2. The summed E-state index contributed by atoms with van der Waals surface area (Å²) in [7, 11) is -1.28. The molecule has 1 aliphatic heterocycles. The van der Waals surface area contributed by atoms with Crippen LogP contribution in [0.5, 0.6) is 5.75 Å². The van der Waals surface area contributed by atoms with E-state index in [4.69, 9.17) is 19.3 Å². The SMILES string of the molecule is CC[C@H](C)[C@H](NC(=O)C1CCCCN1C)C(=O)N(C)[C@H](C[C@@H](OC(C)=O)c1nc(C(=O)N[C@@H](Cc2ccc(OCOP(=O)(O)O)c(NC(=O)CCC(C)(C)S)c2)CC(C)C(=O)O)cs1)C(C)C. The fraction of sp³-hybridized carbons (Fsp3) is 0.667. The van der Waals surface area contributed by atoms with Gasteiger partial charge in [0.25, 0.3) is 5.91 Å². The molecule has 1 saturated heterocycles. The molecule has 1 aromatic carbocycles. The van der Waals surface area contributed by atoms with Crippen molar-refractivity contribution in [2.75, 3.05) is 32.7 Å². The van der Waals surface area contributed by atoms with Gasteiger partial charge in [-0.15, -0.1) is 11.3 Å². The Hall–Kier alpha value is -4.11. The number of likely N-dealkylation sites (N-methyl/N-ethyl adjacent to an activating group) is 2. The lowest BCUT2D eigenvalue weighted by atomic mass is 9.92. The highest BCUT2D eigenvalue weighted by molar-refractivity contribution is 7.81. The topological polar surface area (TPSA) is 263 Å². The number of nitrogens with zero attached hydrogens (tertiary/aromatic N) is 3. The van der Waals surface area contributed by atoms with Gasteiger partial charge in [-0.2, -0.15) is 12.6 Å². The number of phosphoric acid groups is 1. The number of carbonyl (C=O) groups is 6. The average molecular weight is 999 g/mol. The number of esters is 1. The number of aliphatic carboxylic acids is 1. The summed E-state index contributed by atoms with van der Waals surface area (Å²) in [5, 5.41) is 20.3. The van der Waals surface area contributed by atoms with Gasteiger partial charge in [-0.1, -0.05) is 67.4 Å². The van der Waals surface area contributed by atoms with Gasteiger partial charge in [0, 0.05) is 49.0 Å². The number of benzene rings is 1. The van der Waals surface area contributed by atoms with Crippen molar-refractivity contribution in [3.05, 3.63) is 39.8 Å². The standard InChI is InChI=1S/C45H71N6O13PS2/c1-11-27(4)39(49-41(55)34-14-12-13-19-50(34)9)43(56)51(10)35(26(2)3)23-37(64-29(6)52)42-48-33(24-67-42)40(54)46-31(20-28(5)44(57)58)21-30-15-16-36(62-25-63-65(59,60)61)32(22-30)47-38(53)17-18-45(7,8)66/h15-16,22,24,26-28,31,34-35,37,39,66H,11-14,17-21,23,25H2,1-10H3,(H,46,54)(H,47,53)(H,49,55)(H,57,58)(H2,59,60,61)/t27-,28?,31+,34?,35+,37+,39-/m0/s1. The highest BCUT2D eigenvalue weighted by Crippen LogP contribution is 2.37. The molecule has 6 N–H and O–H groups in total. The van der Waals surface area contributed by atoms with Crippen LogP contribution in [-0.2, 0) is 44.2 Å². The van der Waals surface area contributed by atoms with E-state index in [1.165, 1.54) is 25.3 Å². The zero-order valence-electron chi connectivity index (χ0n) is 40.3. The monoisotopic (exact) mass is 998 g/mol. The molecule has 0 aliphatic carbocycles. The van der Waals surface area contributed by atoms with Crippen LogP contribution in [0.4, 0.5) is 5.69 Å². The second kappa shape index (κ2) is 26.0. The highest BCUT2D eigenvalue weighted by Gasteiger charge is 2.37. The maximum atomic E-state index is 14.3. The zero-order valence-corrected chi connectivity index (χ0v) is 42.9. The van der Waals surface area contributed by atoms with Gasteiger partial charge in [-0.25, -0.2) is 14.1 Å². The lowest BCUT2D eigenvalue weighted by molar-refractivity contribution is -0.149. The molecule has 2 heterocycles. The van der Waals surface area contributed by atoms with Crippen LogP contribution in [0, 0.1) is 17.8 Å². The van der Waals surface area contributed by atoms with Crippen molar-refractivity contribution in [3.63, 3.8) is 0 Å². The third kappa shape index (κ3) is 19.1. The summed E-state index contributed by atoms with van der Waals surface area (Å²) in [6.45, 7) is 14.2. The van der Waals surface area contributed by atoms with Gasteiger partial charge in [0.05, 0.1) is 17.6 Å². The van der Waals surface area contributed by atoms with Gasteiger partial charge in [-0.3, -0.25) is 33.7 Å². The fourth-order valence-electron chi connectivity index (χ4n) is 7.74. The van der Waals surface area contributed by atoms with Crippen molar-refractivity contribution in [3.8, 4) is 5.75 Å². The van der Waals surface area contributed by atoms with Crippen LogP contribution in [0.3, 0.4) is 0 Å². The first-order valence-corrected chi connectivity index (χ1v) is 25.5. The molecule has 7 atom stereocenters. The minimum Gasteiger partial charge on any atom is -0.481 e. The molecule has 1 aliphatic rings. The lowest BCUT2D eigenvalue weighted by Gasteiger charge is -2.38. The van der Waals surface area contributed by atoms with E-state index in [0.717, 1.165) is 30.7 Å². The number of thiazole rings is 1. The van der Waals surface area contributed by atoms with Crippen LogP contribution in [0.25, 0.3) is 0 Å². The van der Waals surface area contributed by atoms with Gasteiger partial charge in [-0.05, 0) is 75.2 Å². The van der Waals surface area contributed by atoms with Crippen LogP contribution in [0.2, 0.25) is 0 Å². The Labute approximate surface area is 403 Å². The number of thiol groups is 1. The molecule has 376 valence electrons. The molecule has 67 heavy (non-hydrogen) atoms. The van der Waals surface area contributed by atoms with Crippen molar-refractivity contribution in [1.29, 1.82) is 0 Å². The number of anilines is 1. The summed E-state index contributed by atoms with van der Waals surface area (Å²) in [5.74, 6) is -4.34. The van der Waals surface area contributed by atoms with Crippen LogP contribution in [-0.4, -0.2) is 122 Å². The molecular weight excluding hydrogens is 928 g/mol. The number of ether oxygens (including phenoxy) is 2. The van der Waals surface area contributed by atoms with Gasteiger partial charge in [0.2, 0.25) is 17.7 Å². The zero-order chi connectivity index (χ0) is 50.4. The van der Waals surface area contributed by atoms with E-state index in [2.05, 4.69) is 38.1 Å². The number of rotatable bonds is 26. The van der Waals surface area contributed by atoms with Crippen molar-refractivity contribution in [2.45, 2.75) is 148 Å². The largest absolute Gasteiger partial charge is 0.481 e. The second-order valence-electron chi connectivity index (χ2n) is 18.5. The summed E-state index contributed by atoms with van der Waals surface area (Å²) in [6.07, 6.45) is 3.05. The Bertz CT molecular complexity index is 2060. The Morgan fingerprint density at radius 2 is 1.76 bits per heavy atom. The number of phosphoric ester groups is 1. The fourth-order valence-corrected chi connectivity index (χ4v) is 8.88. The third-order valence-corrected chi connectivity index (χ3v) is 13.5. The number of carboxylic acid groups (broad SMARTS) is 1. The molecule has 1 fully saturated rings. The Morgan fingerprint density at radius 3 is 2.34 bits per heavy atom. The smallest absolute Gasteiger partial charge is 0.472 e. The lowest BCUT2D eigenvalue weighted by Crippen LogP contribution is -2.58. The van der Waals surface area contributed by atoms with E-state index in [9.17, 15) is 38.4 Å². The van der Waals surface area contributed by atoms with E-state index >= 15 is 0 Å². The van der Waals surface area contributed by atoms with E-state index < -0.39 is 73.3 Å². The van der Waals surface area contributed by atoms with Gasteiger partial charge >= 0.3 is 19.8 Å². The molecule has 3 rings (SSSR count).